The number of anilines is 3. The summed E-state index contributed by atoms with van der Waals surface area (Å²) in [7, 11) is 2.41. The quantitative estimate of drug-likeness (QED) is 0.461. The summed E-state index contributed by atoms with van der Waals surface area (Å²) in [4.78, 5) is 63.5. The standard InChI is InChI=1S/C28H25N3O7/c1-37-27(35)18-12-19(28(36)38-2)14-22(13-18)30-25(33)17-8-10-21(11-9-17)29-26(34)20-15-24(32)31(16-20)23-6-4-3-5-7-23/h3-14,20H,15-16H2,1-2H3,(H,29,34)(H,30,33). The molecule has 1 unspecified atom stereocenters. The van der Waals surface area contributed by atoms with E-state index in [1.165, 1.54) is 44.6 Å². The first kappa shape index (κ1) is 26.1. The largest absolute Gasteiger partial charge is 0.465 e. The summed E-state index contributed by atoms with van der Waals surface area (Å²) in [6.45, 7) is 0.285. The number of carbonyl (C=O) groups is 5. The Hall–Kier alpha value is -4.99. The van der Waals surface area contributed by atoms with Crippen LogP contribution in [0, 0.1) is 5.92 Å². The minimum absolute atomic E-state index is 0.0694. The Kier molecular flexibility index (Phi) is 7.81. The molecule has 3 aromatic rings. The molecule has 0 saturated carbocycles. The van der Waals surface area contributed by atoms with Crippen LogP contribution in [0.15, 0.2) is 72.8 Å². The fourth-order valence-electron chi connectivity index (χ4n) is 4.06. The molecule has 1 atom stereocenters. The molecule has 10 heteroatoms. The van der Waals surface area contributed by atoms with Gasteiger partial charge in [-0.2, -0.15) is 0 Å². The van der Waals surface area contributed by atoms with Gasteiger partial charge in [-0.15, -0.1) is 0 Å². The molecule has 38 heavy (non-hydrogen) atoms. The lowest BCUT2D eigenvalue weighted by Crippen LogP contribution is -2.28. The van der Waals surface area contributed by atoms with Crippen LogP contribution in [-0.2, 0) is 19.1 Å². The van der Waals surface area contributed by atoms with Crippen molar-refractivity contribution in [3.63, 3.8) is 0 Å². The van der Waals surface area contributed by atoms with E-state index in [-0.39, 0.29) is 47.2 Å². The van der Waals surface area contributed by atoms with Crippen molar-refractivity contribution >= 4 is 46.7 Å². The third-order valence-corrected chi connectivity index (χ3v) is 6.01. The van der Waals surface area contributed by atoms with E-state index in [0.717, 1.165) is 5.69 Å². The van der Waals surface area contributed by atoms with Crippen LogP contribution >= 0.6 is 0 Å². The van der Waals surface area contributed by atoms with E-state index in [0.29, 0.717) is 5.69 Å². The summed E-state index contributed by atoms with van der Waals surface area (Å²) in [5, 5.41) is 5.44. The van der Waals surface area contributed by atoms with E-state index in [2.05, 4.69) is 10.6 Å². The summed E-state index contributed by atoms with van der Waals surface area (Å²) in [6.07, 6.45) is 0.111. The number of hydrogen-bond donors (Lipinski definition) is 2. The average molecular weight is 516 g/mol. The molecule has 4 rings (SSSR count). The molecule has 0 spiro atoms. The minimum atomic E-state index is -0.679. The van der Waals surface area contributed by atoms with Gasteiger partial charge in [-0.1, -0.05) is 18.2 Å². The van der Waals surface area contributed by atoms with Crippen LogP contribution in [-0.4, -0.2) is 50.4 Å². The Labute approximate surface area is 218 Å². The molecule has 0 aromatic heterocycles. The van der Waals surface area contributed by atoms with Crippen molar-refractivity contribution in [2.75, 3.05) is 36.3 Å². The molecule has 2 N–H and O–H groups in total. The van der Waals surface area contributed by atoms with E-state index in [4.69, 9.17) is 9.47 Å². The smallest absolute Gasteiger partial charge is 0.337 e. The molecule has 1 heterocycles. The van der Waals surface area contributed by atoms with Gasteiger partial charge in [0.2, 0.25) is 11.8 Å². The van der Waals surface area contributed by atoms with Gasteiger partial charge < -0.3 is 25.0 Å². The number of amides is 3. The van der Waals surface area contributed by atoms with Gasteiger partial charge in [-0.25, -0.2) is 9.59 Å². The van der Waals surface area contributed by atoms with Crippen LogP contribution in [0.4, 0.5) is 17.1 Å². The zero-order valence-corrected chi connectivity index (χ0v) is 20.7. The van der Waals surface area contributed by atoms with Gasteiger partial charge in [0.05, 0.1) is 31.3 Å². The maximum Gasteiger partial charge on any atom is 0.337 e. The van der Waals surface area contributed by atoms with Gasteiger partial charge in [0.1, 0.15) is 0 Å². The molecule has 0 aliphatic carbocycles. The van der Waals surface area contributed by atoms with Crippen molar-refractivity contribution in [1.29, 1.82) is 0 Å². The van der Waals surface area contributed by atoms with Gasteiger partial charge in [-0.05, 0) is 54.6 Å². The molecule has 10 nitrogen and oxygen atoms in total. The average Bonchev–Trinajstić information content (AvgIpc) is 3.34. The molecule has 3 amide bonds. The Bertz CT molecular complexity index is 1350. The van der Waals surface area contributed by atoms with Crippen molar-refractivity contribution in [1.82, 2.24) is 0 Å². The number of ether oxygens (including phenoxy) is 2. The van der Waals surface area contributed by atoms with Crippen molar-refractivity contribution in [2.45, 2.75) is 6.42 Å². The number of nitrogens with one attached hydrogen (secondary N) is 2. The van der Waals surface area contributed by atoms with E-state index in [9.17, 15) is 24.0 Å². The van der Waals surface area contributed by atoms with Gasteiger partial charge >= 0.3 is 11.9 Å². The Morgan fingerprint density at radius 1 is 0.763 bits per heavy atom. The summed E-state index contributed by atoms with van der Waals surface area (Å²) in [5.41, 5.74) is 1.83. The third-order valence-electron chi connectivity index (χ3n) is 6.01. The molecular formula is C28H25N3O7. The number of carbonyl (C=O) groups excluding carboxylic acids is 5. The summed E-state index contributed by atoms with van der Waals surface area (Å²) < 4.78 is 9.41. The number of methoxy groups -OCH3 is 2. The maximum atomic E-state index is 12.8. The van der Waals surface area contributed by atoms with Crippen LogP contribution in [0.5, 0.6) is 0 Å². The zero-order chi connectivity index (χ0) is 27.2. The van der Waals surface area contributed by atoms with Gasteiger partial charge in [0.25, 0.3) is 5.91 Å². The number of para-hydroxylation sites is 1. The second-order valence-corrected chi connectivity index (χ2v) is 8.54. The van der Waals surface area contributed by atoms with E-state index >= 15 is 0 Å². The lowest BCUT2D eigenvalue weighted by atomic mass is 10.1. The molecule has 1 fully saturated rings. The Balaban J connectivity index is 1.41. The minimum Gasteiger partial charge on any atom is -0.465 e. The predicted molar refractivity (Wildman–Crippen MR) is 139 cm³/mol. The maximum absolute atomic E-state index is 12.8. The lowest BCUT2D eigenvalue weighted by Gasteiger charge is -2.16. The first-order chi connectivity index (χ1) is 18.3. The summed E-state index contributed by atoms with van der Waals surface area (Å²) >= 11 is 0. The van der Waals surface area contributed by atoms with Gasteiger partial charge in [0, 0.05) is 35.6 Å². The van der Waals surface area contributed by atoms with E-state index in [1.54, 1.807) is 17.0 Å². The van der Waals surface area contributed by atoms with Crippen molar-refractivity contribution in [2.24, 2.45) is 5.92 Å². The number of esters is 2. The fourth-order valence-corrected chi connectivity index (χ4v) is 4.06. The van der Waals surface area contributed by atoms with Crippen LogP contribution in [0.25, 0.3) is 0 Å². The topological polar surface area (TPSA) is 131 Å². The Morgan fingerprint density at radius 2 is 1.37 bits per heavy atom. The van der Waals surface area contributed by atoms with E-state index < -0.39 is 23.8 Å². The highest BCUT2D eigenvalue weighted by Crippen LogP contribution is 2.26. The SMILES string of the molecule is COC(=O)c1cc(NC(=O)c2ccc(NC(=O)C3CC(=O)N(c4ccccc4)C3)cc2)cc(C(=O)OC)c1. The molecule has 3 aromatic carbocycles. The predicted octanol–water partition coefficient (Wildman–Crippen LogP) is 3.50. The normalized spacial score (nSPS) is 14.5. The zero-order valence-electron chi connectivity index (χ0n) is 20.7. The highest BCUT2D eigenvalue weighted by Gasteiger charge is 2.35. The highest BCUT2D eigenvalue weighted by atomic mass is 16.5. The van der Waals surface area contributed by atoms with Gasteiger partial charge in [0.15, 0.2) is 0 Å². The molecular weight excluding hydrogens is 490 g/mol. The number of rotatable bonds is 7. The first-order valence-corrected chi connectivity index (χ1v) is 11.7. The van der Waals surface area contributed by atoms with E-state index in [1.807, 2.05) is 30.3 Å². The molecule has 0 bridgehead atoms. The number of hydrogen-bond acceptors (Lipinski definition) is 7. The van der Waals surface area contributed by atoms with Crippen molar-refractivity contribution in [3.8, 4) is 0 Å². The highest BCUT2D eigenvalue weighted by molar-refractivity contribution is 6.07. The number of nitrogens with zero attached hydrogens (tertiary/aromatic N) is 1. The van der Waals surface area contributed by atoms with Crippen LogP contribution < -0.4 is 15.5 Å². The van der Waals surface area contributed by atoms with Crippen LogP contribution in [0.3, 0.4) is 0 Å². The summed E-state index contributed by atoms with van der Waals surface area (Å²) in [5.74, 6) is -2.76. The second kappa shape index (κ2) is 11.4. The molecule has 1 saturated heterocycles. The Morgan fingerprint density at radius 3 is 1.95 bits per heavy atom. The van der Waals surface area contributed by atoms with Crippen molar-refractivity contribution < 1.29 is 33.4 Å². The second-order valence-electron chi connectivity index (χ2n) is 8.54. The van der Waals surface area contributed by atoms with Crippen LogP contribution in [0.1, 0.15) is 37.5 Å². The summed E-state index contributed by atoms with van der Waals surface area (Å²) in [6, 6.07) is 19.4. The molecule has 1 aliphatic heterocycles. The molecule has 1 aliphatic rings. The fraction of sp³-hybridized carbons (Fsp3) is 0.179. The van der Waals surface area contributed by atoms with Crippen molar-refractivity contribution in [3.05, 3.63) is 89.5 Å². The first-order valence-electron chi connectivity index (χ1n) is 11.7. The molecule has 0 radical (unpaired) electrons. The number of benzene rings is 3. The van der Waals surface area contributed by atoms with Gasteiger partial charge in [-0.3, -0.25) is 14.4 Å². The monoisotopic (exact) mass is 515 g/mol. The molecule has 194 valence electrons. The van der Waals surface area contributed by atoms with Crippen LogP contribution in [0.2, 0.25) is 0 Å². The lowest BCUT2D eigenvalue weighted by molar-refractivity contribution is -0.122. The third kappa shape index (κ3) is 5.86.